The molecule has 0 bridgehead atoms. The summed E-state index contributed by atoms with van der Waals surface area (Å²) >= 11 is 0. The molecule has 1 aromatic carbocycles. The van der Waals surface area contributed by atoms with Gasteiger partial charge < -0.3 is 0 Å². The minimum atomic E-state index is 0.263. The number of fused-ring (bicyclic) bond motifs is 1. The molecule has 0 aromatic heterocycles. The molecule has 1 aliphatic carbocycles. The number of aliphatic imine (C=N–C) groups is 1. The van der Waals surface area contributed by atoms with Crippen LogP contribution in [0.3, 0.4) is 0 Å². The predicted molar refractivity (Wildman–Crippen MR) is 95.5 cm³/mol. The molecule has 114 valence electrons. The summed E-state index contributed by atoms with van der Waals surface area (Å²) in [5.74, 6) is 1.11. The molecule has 1 heterocycles. The van der Waals surface area contributed by atoms with Crippen molar-refractivity contribution in [1.29, 1.82) is 0 Å². The zero-order valence-corrected chi connectivity index (χ0v) is 14.0. The number of hydrogen-bond acceptors (Lipinski definition) is 1. The number of allylic oxidation sites excluding steroid dienone is 3. The minimum Gasteiger partial charge on any atom is -0.276 e. The Morgan fingerprint density at radius 2 is 1.68 bits per heavy atom. The van der Waals surface area contributed by atoms with Crippen LogP contribution in [0.25, 0.3) is 0 Å². The van der Waals surface area contributed by atoms with Crippen molar-refractivity contribution in [3.8, 4) is 0 Å². The molecule has 0 radical (unpaired) electrons. The highest BCUT2D eigenvalue weighted by Gasteiger charge is 2.22. The summed E-state index contributed by atoms with van der Waals surface area (Å²) in [6, 6.07) is 6.94. The van der Waals surface area contributed by atoms with Gasteiger partial charge in [-0.05, 0) is 50.0 Å². The fraction of sp³-hybridized carbons (Fsp3) is 0.381. The third-order valence-electron chi connectivity index (χ3n) is 4.24. The number of nitrogens with zero attached hydrogens (tertiary/aromatic N) is 1. The van der Waals surface area contributed by atoms with Gasteiger partial charge in [-0.15, -0.1) is 0 Å². The molecule has 0 N–H and O–H groups in total. The van der Waals surface area contributed by atoms with E-state index in [1.165, 1.54) is 22.3 Å². The third-order valence-corrected chi connectivity index (χ3v) is 4.24. The molecule has 1 heteroatoms. The van der Waals surface area contributed by atoms with Crippen molar-refractivity contribution >= 4 is 5.71 Å². The normalized spacial score (nSPS) is 23.3. The molecule has 1 nitrogen and oxygen atoms in total. The summed E-state index contributed by atoms with van der Waals surface area (Å²) in [7, 11) is 0. The van der Waals surface area contributed by atoms with E-state index in [2.05, 4.69) is 76.3 Å². The highest BCUT2D eigenvalue weighted by atomic mass is 14.8. The average molecular weight is 291 g/mol. The molecule has 1 aromatic rings. The molecular weight excluding hydrogens is 266 g/mol. The van der Waals surface area contributed by atoms with Crippen LogP contribution in [0, 0.1) is 25.7 Å². The van der Waals surface area contributed by atoms with Crippen molar-refractivity contribution in [1.82, 2.24) is 0 Å². The van der Waals surface area contributed by atoms with Gasteiger partial charge in [-0.3, -0.25) is 4.99 Å². The second-order valence-electron chi connectivity index (χ2n) is 7.02. The average Bonchev–Trinajstić information content (AvgIpc) is 2.45. The Labute approximate surface area is 134 Å². The number of benzene rings is 1. The molecule has 0 amide bonds. The van der Waals surface area contributed by atoms with Crippen molar-refractivity contribution in [2.75, 3.05) is 0 Å². The lowest BCUT2D eigenvalue weighted by Gasteiger charge is -2.25. The third kappa shape index (κ3) is 3.30. The summed E-state index contributed by atoms with van der Waals surface area (Å²) in [5.41, 5.74) is 6.37. The van der Waals surface area contributed by atoms with E-state index in [0.717, 1.165) is 12.1 Å². The van der Waals surface area contributed by atoms with E-state index >= 15 is 0 Å². The van der Waals surface area contributed by atoms with Crippen molar-refractivity contribution in [3.05, 3.63) is 70.8 Å². The van der Waals surface area contributed by atoms with Gasteiger partial charge in [0.05, 0.1) is 11.8 Å². The van der Waals surface area contributed by atoms with Crippen LogP contribution in [0.4, 0.5) is 0 Å². The van der Waals surface area contributed by atoms with Crippen LogP contribution in [-0.4, -0.2) is 11.8 Å². The fourth-order valence-electron chi connectivity index (χ4n) is 3.34. The van der Waals surface area contributed by atoms with Gasteiger partial charge in [-0.1, -0.05) is 55.3 Å². The summed E-state index contributed by atoms with van der Waals surface area (Å²) in [4.78, 5) is 5.02. The van der Waals surface area contributed by atoms with Gasteiger partial charge in [-0.2, -0.15) is 0 Å². The molecule has 2 unspecified atom stereocenters. The summed E-state index contributed by atoms with van der Waals surface area (Å²) in [6.45, 7) is 8.84. The Hall–Kier alpha value is -1.89. The van der Waals surface area contributed by atoms with E-state index in [-0.39, 0.29) is 6.04 Å². The molecular formula is C21H25N. The lowest BCUT2D eigenvalue weighted by atomic mass is 9.86. The highest BCUT2D eigenvalue weighted by Crippen LogP contribution is 2.28. The number of hydrogen-bond donors (Lipinski definition) is 0. The first-order chi connectivity index (χ1) is 10.5. The van der Waals surface area contributed by atoms with Gasteiger partial charge in [0.25, 0.3) is 0 Å². The molecule has 22 heavy (non-hydrogen) atoms. The van der Waals surface area contributed by atoms with Crippen LogP contribution in [0.15, 0.2) is 59.1 Å². The topological polar surface area (TPSA) is 12.4 Å². The Morgan fingerprint density at radius 3 is 2.36 bits per heavy atom. The zero-order chi connectivity index (χ0) is 15.7. The Kier molecular flexibility index (Phi) is 4.15. The predicted octanol–water partition coefficient (Wildman–Crippen LogP) is 5.19. The van der Waals surface area contributed by atoms with Crippen molar-refractivity contribution in [2.45, 2.75) is 40.2 Å². The van der Waals surface area contributed by atoms with E-state index in [1.807, 2.05) is 0 Å². The molecule has 0 saturated carbocycles. The van der Waals surface area contributed by atoms with Crippen LogP contribution >= 0.6 is 0 Å². The molecule has 2 atom stereocenters. The fourth-order valence-corrected chi connectivity index (χ4v) is 3.34. The van der Waals surface area contributed by atoms with Crippen LogP contribution in [0.5, 0.6) is 0 Å². The largest absolute Gasteiger partial charge is 0.276 e. The SMILES string of the molecule is Cc1cc(C)cc(C2=NC3C=C(CC(C)C)C=CC3C=C2)c1. The highest BCUT2D eigenvalue weighted by molar-refractivity contribution is 6.09. The summed E-state index contributed by atoms with van der Waals surface area (Å²) in [6.07, 6.45) is 12.6. The Bertz CT molecular complexity index is 666. The van der Waals surface area contributed by atoms with Gasteiger partial charge in [0.15, 0.2) is 0 Å². The molecule has 1 aliphatic heterocycles. The van der Waals surface area contributed by atoms with Gasteiger partial charge in [-0.25, -0.2) is 0 Å². The lowest BCUT2D eigenvalue weighted by molar-refractivity contribution is 0.623. The number of dihydropyridines is 1. The van der Waals surface area contributed by atoms with Gasteiger partial charge in [0.2, 0.25) is 0 Å². The maximum Gasteiger partial charge on any atom is 0.0790 e. The molecule has 0 saturated heterocycles. The molecule has 0 fully saturated rings. The molecule has 3 rings (SSSR count). The van der Waals surface area contributed by atoms with Crippen LogP contribution in [-0.2, 0) is 0 Å². The monoisotopic (exact) mass is 291 g/mol. The van der Waals surface area contributed by atoms with E-state index in [9.17, 15) is 0 Å². The minimum absolute atomic E-state index is 0.263. The first-order valence-electron chi connectivity index (χ1n) is 8.25. The van der Waals surface area contributed by atoms with Crippen LogP contribution in [0.1, 0.15) is 37.0 Å². The molecule has 2 aliphatic rings. The maximum absolute atomic E-state index is 5.02. The Balaban J connectivity index is 1.89. The van der Waals surface area contributed by atoms with Crippen LogP contribution < -0.4 is 0 Å². The second kappa shape index (κ2) is 6.08. The van der Waals surface area contributed by atoms with Crippen molar-refractivity contribution < 1.29 is 0 Å². The summed E-state index contributed by atoms with van der Waals surface area (Å²) < 4.78 is 0. The Morgan fingerprint density at radius 1 is 1.00 bits per heavy atom. The second-order valence-corrected chi connectivity index (χ2v) is 7.02. The quantitative estimate of drug-likeness (QED) is 0.726. The van der Waals surface area contributed by atoms with Crippen molar-refractivity contribution in [3.63, 3.8) is 0 Å². The first kappa shape index (κ1) is 15.0. The maximum atomic E-state index is 5.02. The van der Waals surface area contributed by atoms with E-state index < -0.39 is 0 Å². The van der Waals surface area contributed by atoms with E-state index in [1.54, 1.807) is 0 Å². The summed E-state index contributed by atoms with van der Waals surface area (Å²) in [5, 5.41) is 0. The standard InChI is InChI=1S/C21H25N/c1-14(2)9-17-5-6-18-7-8-20(22-21(18)13-17)19-11-15(3)10-16(4)12-19/h5-8,10-14,18,21H,9H2,1-4H3. The lowest BCUT2D eigenvalue weighted by Crippen LogP contribution is -2.22. The van der Waals surface area contributed by atoms with Gasteiger partial charge in [0.1, 0.15) is 0 Å². The zero-order valence-electron chi connectivity index (χ0n) is 14.0. The number of rotatable bonds is 3. The first-order valence-corrected chi connectivity index (χ1v) is 8.25. The van der Waals surface area contributed by atoms with E-state index in [4.69, 9.17) is 4.99 Å². The van der Waals surface area contributed by atoms with Crippen molar-refractivity contribution in [2.24, 2.45) is 16.8 Å². The van der Waals surface area contributed by atoms with Gasteiger partial charge in [0, 0.05) is 11.5 Å². The smallest absolute Gasteiger partial charge is 0.0790 e. The molecule has 0 spiro atoms. The number of aryl methyl sites for hydroxylation is 2. The van der Waals surface area contributed by atoms with Gasteiger partial charge >= 0.3 is 0 Å². The van der Waals surface area contributed by atoms with E-state index in [0.29, 0.717) is 11.8 Å². The van der Waals surface area contributed by atoms with Crippen LogP contribution in [0.2, 0.25) is 0 Å².